The Balaban J connectivity index is 2.49. The number of hydrogen-bond donors (Lipinski definition) is 2. The van der Waals surface area contributed by atoms with E-state index in [2.05, 4.69) is 4.72 Å². The highest BCUT2D eigenvalue weighted by Crippen LogP contribution is 2.24. The summed E-state index contributed by atoms with van der Waals surface area (Å²) < 4.78 is 27.7. The zero-order valence-corrected chi connectivity index (χ0v) is 14.3. The quantitative estimate of drug-likeness (QED) is 0.898. The minimum atomic E-state index is -3.86. The van der Waals surface area contributed by atoms with Crippen LogP contribution in [0.5, 0.6) is 0 Å². The molecule has 23 heavy (non-hydrogen) atoms. The molecular formula is C17H19NO4S. The second kappa shape index (κ2) is 6.04. The Morgan fingerprint density at radius 1 is 0.913 bits per heavy atom. The number of anilines is 1. The minimum absolute atomic E-state index is 0.0175. The van der Waals surface area contributed by atoms with Crippen molar-refractivity contribution in [2.24, 2.45) is 0 Å². The van der Waals surface area contributed by atoms with Crippen molar-refractivity contribution in [3.63, 3.8) is 0 Å². The van der Waals surface area contributed by atoms with E-state index in [1.54, 1.807) is 32.0 Å². The van der Waals surface area contributed by atoms with Gasteiger partial charge < -0.3 is 5.11 Å². The van der Waals surface area contributed by atoms with E-state index in [-0.39, 0.29) is 10.5 Å². The third-order valence-electron chi connectivity index (χ3n) is 3.80. The highest BCUT2D eigenvalue weighted by molar-refractivity contribution is 7.92. The smallest absolute Gasteiger partial charge is 0.335 e. The van der Waals surface area contributed by atoms with Gasteiger partial charge in [-0.2, -0.15) is 0 Å². The van der Waals surface area contributed by atoms with Crippen LogP contribution in [0.1, 0.15) is 32.6 Å². The SMILES string of the molecule is Cc1ccc(NS(=O)(=O)c2cc(C(=O)O)c(C)cc2C)cc1C. The topological polar surface area (TPSA) is 83.5 Å². The first kappa shape index (κ1) is 17.0. The van der Waals surface area contributed by atoms with Crippen molar-refractivity contribution < 1.29 is 18.3 Å². The molecule has 2 N–H and O–H groups in total. The fraction of sp³-hybridized carbons (Fsp3) is 0.235. The largest absolute Gasteiger partial charge is 0.478 e. The molecule has 0 aromatic heterocycles. The Morgan fingerprint density at radius 2 is 1.57 bits per heavy atom. The summed E-state index contributed by atoms with van der Waals surface area (Å²) in [6.45, 7) is 7.13. The third kappa shape index (κ3) is 3.53. The minimum Gasteiger partial charge on any atom is -0.478 e. The van der Waals surface area contributed by atoms with Gasteiger partial charge in [0.1, 0.15) is 0 Å². The van der Waals surface area contributed by atoms with Gasteiger partial charge in [-0.3, -0.25) is 4.72 Å². The maximum absolute atomic E-state index is 12.6. The van der Waals surface area contributed by atoms with Crippen LogP contribution in [0.2, 0.25) is 0 Å². The number of hydrogen-bond acceptors (Lipinski definition) is 3. The van der Waals surface area contributed by atoms with Crippen molar-refractivity contribution in [2.75, 3.05) is 4.72 Å². The Labute approximate surface area is 136 Å². The van der Waals surface area contributed by atoms with Gasteiger partial charge in [-0.15, -0.1) is 0 Å². The molecule has 0 saturated carbocycles. The molecule has 0 amide bonds. The van der Waals surface area contributed by atoms with Gasteiger partial charge in [0, 0.05) is 5.69 Å². The van der Waals surface area contributed by atoms with Gasteiger partial charge in [0.15, 0.2) is 0 Å². The number of carboxylic acid groups (broad SMARTS) is 1. The van der Waals surface area contributed by atoms with Crippen LogP contribution in [0, 0.1) is 27.7 Å². The molecule has 6 heteroatoms. The van der Waals surface area contributed by atoms with Gasteiger partial charge in [0.05, 0.1) is 10.5 Å². The van der Waals surface area contributed by atoms with E-state index in [1.807, 2.05) is 19.9 Å². The first-order valence-corrected chi connectivity index (χ1v) is 8.55. The molecule has 0 bridgehead atoms. The van der Waals surface area contributed by atoms with Crippen LogP contribution >= 0.6 is 0 Å². The van der Waals surface area contributed by atoms with Crippen molar-refractivity contribution >= 4 is 21.7 Å². The molecule has 122 valence electrons. The molecule has 0 spiro atoms. The summed E-state index contributed by atoms with van der Waals surface area (Å²) in [5.74, 6) is -1.15. The molecule has 0 atom stereocenters. The molecule has 5 nitrogen and oxygen atoms in total. The van der Waals surface area contributed by atoms with Crippen molar-refractivity contribution in [1.29, 1.82) is 0 Å². The van der Waals surface area contributed by atoms with Crippen LogP contribution in [-0.4, -0.2) is 19.5 Å². The molecule has 0 fully saturated rings. The van der Waals surface area contributed by atoms with E-state index >= 15 is 0 Å². The van der Waals surface area contributed by atoms with Gasteiger partial charge in [0.2, 0.25) is 0 Å². The lowest BCUT2D eigenvalue weighted by atomic mass is 10.1. The lowest BCUT2D eigenvalue weighted by Gasteiger charge is -2.13. The molecule has 0 heterocycles. The number of carbonyl (C=O) groups is 1. The molecule has 2 aromatic rings. The molecule has 2 rings (SSSR count). The third-order valence-corrected chi connectivity index (χ3v) is 5.32. The Kier molecular flexibility index (Phi) is 4.47. The Hall–Kier alpha value is -2.34. The predicted molar refractivity (Wildman–Crippen MR) is 89.6 cm³/mol. The highest BCUT2D eigenvalue weighted by atomic mass is 32.2. The van der Waals surface area contributed by atoms with E-state index in [0.29, 0.717) is 16.8 Å². The Bertz CT molecular complexity index is 886. The molecule has 0 aliphatic carbocycles. The van der Waals surface area contributed by atoms with Crippen LogP contribution < -0.4 is 4.72 Å². The fourth-order valence-corrected chi connectivity index (χ4v) is 3.67. The molecular weight excluding hydrogens is 314 g/mol. The standard InChI is InChI=1S/C17H19NO4S/c1-10-5-6-14(8-11(10)2)18-23(21,22)16-9-15(17(19)20)12(3)7-13(16)4/h5-9,18H,1-4H3,(H,19,20). The second-order valence-corrected chi connectivity index (χ2v) is 7.29. The maximum Gasteiger partial charge on any atom is 0.335 e. The first-order chi connectivity index (χ1) is 10.6. The average molecular weight is 333 g/mol. The molecule has 0 unspecified atom stereocenters. The number of sulfonamides is 1. The number of aromatic carboxylic acids is 1. The molecule has 2 aromatic carbocycles. The lowest BCUT2D eigenvalue weighted by Crippen LogP contribution is -2.16. The maximum atomic E-state index is 12.6. The van der Waals surface area contributed by atoms with E-state index in [9.17, 15) is 18.3 Å². The molecule has 0 radical (unpaired) electrons. The van der Waals surface area contributed by atoms with Crippen LogP contribution in [0.15, 0.2) is 35.2 Å². The zero-order chi connectivity index (χ0) is 17.4. The monoisotopic (exact) mass is 333 g/mol. The van der Waals surface area contributed by atoms with Gasteiger partial charge in [-0.05, 0) is 68.1 Å². The summed E-state index contributed by atoms with van der Waals surface area (Å²) in [6, 6.07) is 8.03. The summed E-state index contributed by atoms with van der Waals surface area (Å²) in [5, 5.41) is 9.19. The molecule has 0 saturated heterocycles. The molecule has 0 aliphatic heterocycles. The normalized spacial score (nSPS) is 11.3. The van der Waals surface area contributed by atoms with Crippen LogP contribution in [0.4, 0.5) is 5.69 Å². The van der Waals surface area contributed by atoms with Crippen molar-refractivity contribution in [1.82, 2.24) is 0 Å². The summed E-state index contributed by atoms with van der Waals surface area (Å²) in [5.41, 5.74) is 3.50. The molecule has 0 aliphatic rings. The van der Waals surface area contributed by atoms with Crippen LogP contribution in [0.25, 0.3) is 0 Å². The van der Waals surface area contributed by atoms with E-state index < -0.39 is 16.0 Å². The van der Waals surface area contributed by atoms with Crippen LogP contribution in [-0.2, 0) is 10.0 Å². The average Bonchev–Trinajstić information content (AvgIpc) is 2.41. The van der Waals surface area contributed by atoms with E-state index in [1.165, 1.54) is 6.07 Å². The number of nitrogens with one attached hydrogen (secondary N) is 1. The summed E-state index contributed by atoms with van der Waals surface area (Å²) in [4.78, 5) is 11.2. The van der Waals surface area contributed by atoms with E-state index in [4.69, 9.17) is 0 Å². The van der Waals surface area contributed by atoms with Crippen molar-refractivity contribution in [2.45, 2.75) is 32.6 Å². The number of rotatable bonds is 4. The van der Waals surface area contributed by atoms with Gasteiger partial charge in [-0.25, -0.2) is 13.2 Å². The second-order valence-electron chi connectivity index (χ2n) is 5.64. The van der Waals surface area contributed by atoms with Crippen molar-refractivity contribution in [3.8, 4) is 0 Å². The number of carboxylic acids is 1. The summed E-state index contributed by atoms with van der Waals surface area (Å²) in [6.07, 6.45) is 0. The predicted octanol–water partition coefficient (Wildman–Crippen LogP) is 3.42. The Morgan fingerprint density at radius 3 is 2.13 bits per heavy atom. The van der Waals surface area contributed by atoms with E-state index in [0.717, 1.165) is 11.1 Å². The lowest BCUT2D eigenvalue weighted by molar-refractivity contribution is 0.0696. The van der Waals surface area contributed by atoms with Gasteiger partial charge in [-0.1, -0.05) is 12.1 Å². The van der Waals surface area contributed by atoms with Crippen LogP contribution in [0.3, 0.4) is 0 Å². The zero-order valence-electron chi connectivity index (χ0n) is 13.5. The highest BCUT2D eigenvalue weighted by Gasteiger charge is 2.21. The first-order valence-electron chi connectivity index (χ1n) is 7.06. The van der Waals surface area contributed by atoms with Gasteiger partial charge in [0.25, 0.3) is 10.0 Å². The number of aryl methyl sites for hydroxylation is 4. The summed E-state index contributed by atoms with van der Waals surface area (Å²) in [7, 11) is -3.86. The summed E-state index contributed by atoms with van der Waals surface area (Å²) >= 11 is 0. The fourth-order valence-electron chi connectivity index (χ4n) is 2.37. The van der Waals surface area contributed by atoms with Crippen molar-refractivity contribution in [3.05, 3.63) is 58.1 Å². The number of benzene rings is 2. The van der Waals surface area contributed by atoms with Gasteiger partial charge >= 0.3 is 5.97 Å².